The lowest BCUT2D eigenvalue weighted by Gasteiger charge is -2.32. The van der Waals surface area contributed by atoms with Gasteiger partial charge in [-0.05, 0) is 42.3 Å². The molecule has 4 nitrogen and oxygen atoms in total. The standard InChI is InChI=1S/C19H18ClFN2O2/c1-11(12-3-5-13(20)6-4-12)23(2)19(25)16-10-18(24)22-17-9-14(21)7-8-15(16)17/h3-9,11,16H,10H2,1-2H3,(H,22,24). The maximum absolute atomic E-state index is 13.4. The van der Waals surface area contributed by atoms with Crippen LogP contribution in [0.15, 0.2) is 42.5 Å². The van der Waals surface area contributed by atoms with Crippen molar-refractivity contribution < 1.29 is 14.0 Å². The number of anilines is 1. The van der Waals surface area contributed by atoms with Crippen LogP contribution in [-0.4, -0.2) is 23.8 Å². The molecule has 0 aliphatic carbocycles. The summed E-state index contributed by atoms with van der Waals surface area (Å²) in [6.07, 6.45) is 0.0507. The summed E-state index contributed by atoms with van der Waals surface area (Å²) in [7, 11) is 1.71. The summed E-state index contributed by atoms with van der Waals surface area (Å²) < 4.78 is 13.4. The van der Waals surface area contributed by atoms with Crippen LogP contribution in [0.4, 0.5) is 10.1 Å². The van der Waals surface area contributed by atoms with E-state index < -0.39 is 11.7 Å². The van der Waals surface area contributed by atoms with Gasteiger partial charge >= 0.3 is 0 Å². The fourth-order valence-corrected chi connectivity index (χ4v) is 3.19. The minimum atomic E-state index is -0.621. The average molecular weight is 361 g/mol. The fraction of sp³-hybridized carbons (Fsp3) is 0.263. The Labute approximate surface area is 150 Å². The zero-order chi connectivity index (χ0) is 18.1. The number of carbonyl (C=O) groups is 2. The van der Waals surface area contributed by atoms with E-state index in [0.717, 1.165) is 5.56 Å². The molecule has 1 heterocycles. The van der Waals surface area contributed by atoms with Crippen LogP contribution in [-0.2, 0) is 9.59 Å². The molecular formula is C19H18ClFN2O2. The molecule has 2 aromatic rings. The van der Waals surface area contributed by atoms with Crippen LogP contribution in [0.3, 0.4) is 0 Å². The molecular weight excluding hydrogens is 343 g/mol. The molecule has 2 aromatic carbocycles. The van der Waals surface area contributed by atoms with Crippen LogP contribution in [0.5, 0.6) is 0 Å². The van der Waals surface area contributed by atoms with Gasteiger partial charge in [0.15, 0.2) is 0 Å². The molecule has 25 heavy (non-hydrogen) atoms. The van der Waals surface area contributed by atoms with Crippen LogP contribution < -0.4 is 5.32 Å². The van der Waals surface area contributed by atoms with Gasteiger partial charge in [0.05, 0.1) is 12.0 Å². The summed E-state index contributed by atoms with van der Waals surface area (Å²) >= 11 is 5.91. The van der Waals surface area contributed by atoms with Crippen molar-refractivity contribution >= 4 is 29.1 Å². The number of amides is 2. The van der Waals surface area contributed by atoms with Gasteiger partial charge in [-0.25, -0.2) is 4.39 Å². The monoisotopic (exact) mass is 360 g/mol. The number of hydrogen-bond acceptors (Lipinski definition) is 2. The maximum atomic E-state index is 13.4. The lowest BCUT2D eigenvalue weighted by molar-refractivity contribution is -0.135. The molecule has 0 fully saturated rings. The highest BCUT2D eigenvalue weighted by Crippen LogP contribution is 2.35. The molecule has 1 aliphatic heterocycles. The van der Waals surface area contributed by atoms with Crippen molar-refractivity contribution in [2.75, 3.05) is 12.4 Å². The molecule has 0 saturated carbocycles. The molecule has 0 bridgehead atoms. The van der Waals surface area contributed by atoms with Gasteiger partial charge < -0.3 is 10.2 Å². The fourth-order valence-electron chi connectivity index (χ4n) is 3.06. The number of hydrogen-bond donors (Lipinski definition) is 1. The number of rotatable bonds is 3. The SMILES string of the molecule is CC(c1ccc(Cl)cc1)N(C)C(=O)C1CC(=O)Nc2cc(F)ccc21. The Balaban J connectivity index is 1.87. The van der Waals surface area contributed by atoms with Crippen molar-refractivity contribution in [1.82, 2.24) is 4.90 Å². The summed E-state index contributed by atoms with van der Waals surface area (Å²) in [5.41, 5.74) is 1.95. The third-order valence-electron chi connectivity index (χ3n) is 4.63. The molecule has 2 unspecified atom stereocenters. The Morgan fingerprint density at radius 1 is 1.28 bits per heavy atom. The van der Waals surface area contributed by atoms with E-state index in [4.69, 9.17) is 11.6 Å². The van der Waals surface area contributed by atoms with E-state index in [0.29, 0.717) is 16.3 Å². The third kappa shape index (κ3) is 3.51. The average Bonchev–Trinajstić information content (AvgIpc) is 2.59. The van der Waals surface area contributed by atoms with E-state index in [-0.39, 0.29) is 24.3 Å². The van der Waals surface area contributed by atoms with E-state index in [1.54, 1.807) is 30.1 Å². The number of nitrogens with one attached hydrogen (secondary N) is 1. The minimum absolute atomic E-state index is 0.0507. The Hall–Kier alpha value is -2.40. The summed E-state index contributed by atoms with van der Waals surface area (Å²) in [6.45, 7) is 1.91. The molecule has 0 spiro atoms. The third-order valence-corrected chi connectivity index (χ3v) is 4.89. The summed E-state index contributed by atoms with van der Waals surface area (Å²) in [6, 6.07) is 11.2. The van der Waals surface area contributed by atoms with Crippen molar-refractivity contribution in [2.24, 2.45) is 0 Å². The van der Waals surface area contributed by atoms with E-state index in [9.17, 15) is 14.0 Å². The van der Waals surface area contributed by atoms with Gasteiger partial charge in [-0.2, -0.15) is 0 Å². The lowest BCUT2D eigenvalue weighted by Crippen LogP contribution is -2.37. The van der Waals surface area contributed by atoms with E-state index in [1.165, 1.54) is 12.1 Å². The Morgan fingerprint density at radius 3 is 2.64 bits per heavy atom. The molecule has 0 aromatic heterocycles. The van der Waals surface area contributed by atoms with Crippen molar-refractivity contribution in [2.45, 2.75) is 25.3 Å². The summed E-state index contributed by atoms with van der Waals surface area (Å²) in [5, 5.41) is 3.26. The number of nitrogens with zero attached hydrogens (tertiary/aromatic N) is 1. The topological polar surface area (TPSA) is 49.4 Å². The molecule has 0 radical (unpaired) electrons. The first-order chi connectivity index (χ1) is 11.9. The van der Waals surface area contributed by atoms with Gasteiger partial charge in [-0.3, -0.25) is 9.59 Å². The van der Waals surface area contributed by atoms with Crippen molar-refractivity contribution in [3.8, 4) is 0 Å². The van der Waals surface area contributed by atoms with Gasteiger partial charge in [-0.15, -0.1) is 0 Å². The number of fused-ring (bicyclic) bond motifs is 1. The molecule has 1 N–H and O–H groups in total. The smallest absolute Gasteiger partial charge is 0.230 e. The van der Waals surface area contributed by atoms with Gasteiger partial charge in [0.1, 0.15) is 5.82 Å². The van der Waals surface area contributed by atoms with Crippen molar-refractivity contribution in [3.63, 3.8) is 0 Å². The molecule has 0 saturated heterocycles. The summed E-state index contributed by atoms with van der Waals surface area (Å²) in [4.78, 5) is 26.5. The highest BCUT2D eigenvalue weighted by Gasteiger charge is 2.34. The first-order valence-corrected chi connectivity index (χ1v) is 8.36. The van der Waals surface area contributed by atoms with Crippen LogP contribution in [0.1, 0.15) is 36.4 Å². The zero-order valence-corrected chi connectivity index (χ0v) is 14.7. The first-order valence-electron chi connectivity index (χ1n) is 7.98. The van der Waals surface area contributed by atoms with Crippen LogP contribution in [0, 0.1) is 5.82 Å². The Morgan fingerprint density at radius 2 is 1.96 bits per heavy atom. The lowest BCUT2D eigenvalue weighted by atomic mass is 9.88. The first kappa shape index (κ1) is 17.4. The van der Waals surface area contributed by atoms with Gasteiger partial charge in [0, 0.05) is 24.2 Å². The minimum Gasteiger partial charge on any atom is -0.338 e. The predicted molar refractivity (Wildman–Crippen MR) is 95.0 cm³/mol. The number of carbonyl (C=O) groups excluding carboxylic acids is 2. The Bertz CT molecular complexity index is 823. The molecule has 6 heteroatoms. The Kier molecular flexibility index (Phi) is 4.77. The van der Waals surface area contributed by atoms with Crippen LogP contribution in [0.25, 0.3) is 0 Å². The molecule has 2 amide bonds. The maximum Gasteiger partial charge on any atom is 0.230 e. The zero-order valence-electron chi connectivity index (χ0n) is 13.9. The number of likely N-dealkylation sites (N-methyl/N-ethyl adjacent to an activating group) is 1. The normalized spacial score (nSPS) is 17.4. The van der Waals surface area contributed by atoms with E-state index >= 15 is 0 Å². The second-order valence-corrected chi connectivity index (χ2v) is 6.65. The second kappa shape index (κ2) is 6.84. The van der Waals surface area contributed by atoms with E-state index in [1.807, 2.05) is 19.1 Å². The molecule has 2 atom stereocenters. The van der Waals surface area contributed by atoms with Crippen molar-refractivity contribution in [1.29, 1.82) is 0 Å². The second-order valence-electron chi connectivity index (χ2n) is 6.21. The largest absolute Gasteiger partial charge is 0.338 e. The number of benzene rings is 2. The molecule has 1 aliphatic rings. The van der Waals surface area contributed by atoms with E-state index in [2.05, 4.69) is 5.32 Å². The van der Waals surface area contributed by atoms with Gasteiger partial charge in [-0.1, -0.05) is 29.8 Å². The van der Waals surface area contributed by atoms with Crippen molar-refractivity contribution in [3.05, 3.63) is 64.4 Å². The predicted octanol–water partition coefficient (Wildman–Crippen LogP) is 4.12. The molecule has 130 valence electrons. The van der Waals surface area contributed by atoms with Gasteiger partial charge in [0.2, 0.25) is 11.8 Å². The highest BCUT2D eigenvalue weighted by molar-refractivity contribution is 6.30. The number of halogens is 2. The van der Waals surface area contributed by atoms with Gasteiger partial charge in [0.25, 0.3) is 0 Å². The quantitative estimate of drug-likeness (QED) is 0.894. The van der Waals surface area contributed by atoms with Crippen LogP contribution >= 0.6 is 11.6 Å². The van der Waals surface area contributed by atoms with Crippen LogP contribution in [0.2, 0.25) is 5.02 Å². The summed E-state index contributed by atoms with van der Waals surface area (Å²) in [5.74, 6) is -1.53. The highest BCUT2D eigenvalue weighted by atomic mass is 35.5. The molecule has 3 rings (SSSR count).